The minimum absolute atomic E-state index is 0.156. The summed E-state index contributed by atoms with van der Waals surface area (Å²) in [4.78, 5) is 10.6. The van der Waals surface area contributed by atoms with Gasteiger partial charge in [-0.2, -0.15) is 0 Å². The van der Waals surface area contributed by atoms with E-state index in [1.807, 2.05) is 17.7 Å². The molecule has 2 aromatic carbocycles. The van der Waals surface area contributed by atoms with Crippen LogP contribution in [0.25, 0.3) is 22.4 Å². The van der Waals surface area contributed by atoms with Crippen LogP contribution in [-0.2, 0) is 21.6 Å². The molecule has 5 heterocycles. The number of likely N-dealkylation sites (tertiary alicyclic amines) is 1. The molecule has 4 fully saturated rings. The molecule has 0 N–H and O–H groups in total. The molecule has 0 amide bonds. The lowest BCUT2D eigenvalue weighted by atomic mass is 9.86. The van der Waals surface area contributed by atoms with E-state index in [9.17, 15) is 8.42 Å². The van der Waals surface area contributed by atoms with Gasteiger partial charge < -0.3 is 14.2 Å². The predicted octanol–water partition coefficient (Wildman–Crippen LogP) is 4.36. The molecule has 7 nitrogen and oxygen atoms in total. The van der Waals surface area contributed by atoms with E-state index in [-0.39, 0.29) is 16.6 Å². The fourth-order valence-corrected chi connectivity index (χ4v) is 8.33. The number of halogens is 1. The van der Waals surface area contributed by atoms with Gasteiger partial charge in [0.15, 0.2) is 9.84 Å². The van der Waals surface area contributed by atoms with Crippen molar-refractivity contribution in [3.05, 3.63) is 47.8 Å². The highest BCUT2D eigenvalue weighted by Crippen LogP contribution is 2.42. The summed E-state index contributed by atoms with van der Waals surface area (Å²) in [6, 6.07) is 13.0. The van der Waals surface area contributed by atoms with Gasteiger partial charge in [0.1, 0.15) is 11.6 Å². The molecule has 2 bridgehead atoms. The Kier molecular flexibility index (Phi) is 6.34. The maximum Gasteiger partial charge on any atom is 0.175 e. The summed E-state index contributed by atoms with van der Waals surface area (Å²) < 4.78 is 46.5. The highest BCUT2D eigenvalue weighted by atomic mass is 32.2. The van der Waals surface area contributed by atoms with Crippen LogP contribution in [0.1, 0.15) is 50.0 Å². The van der Waals surface area contributed by atoms with Crippen molar-refractivity contribution in [1.29, 1.82) is 0 Å². The summed E-state index contributed by atoms with van der Waals surface area (Å²) in [5, 5.41) is 0. The van der Waals surface area contributed by atoms with Crippen molar-refractivity contribution in [2.24, 2.45) is 7.05 Å². The minimum Gasteiger partial charge on any atom is -0.378 e. The van der Waals surface area contributed by atoms with Gasteiger partial charge >= 0.3 is 0 Å². The molecule has 39 heavy (non-hydrogen) atoms. The summed E-state index contributed by atoms with van der Waals surface area (Å²) in [6.45, 7) is 3.87. The number of ether oxygens (including phenoxy) is 1. The van der Waals surface area contributed by atoms with Gasteiger partial charge in [-0.15, -0.1) is 0 Å². The Morgan fingerprint density at radius 1 is 0.923 bits per heavy atom. The van der Waals surface area contributed by atoms with Crippen molar-refractivity contribution in [2.45, 2.75) is 73.5 Å². The lowest BCUT2D eigenvalue weighted by Gasteiger charge is -2.49. The molecule has 0 radical (unpaired) electrons. The van der Waals surface area contributed by atoms with Gasteiger partial charge in [-0.1, -0.05) is 0 Å². The quantitative estimate of drug-likeness (QED) is 0.469. The number of benzene rings is 2. The van der Waals surface area contributed by atoms with Gasteiger partial charge in [0, 0.05) is 43.1 Å². The van der Waals surface area contributed by atoms with Crippen LogP contribution in [0.2, 0.25) is 0 Å². The number of aromatic nitrogens is 2. The van der Waals surface area contributed by atoms with Crippen LogP contribution < -0.4 is 0 Å². The van der Waals surface area contributed by atoms with E-state index in [0.29, 0.717) is 30.0 Å². The van der Waals surface area contributed by atoms with Crippen LogP contribution in [0.5, 0.6) is 0 Å². The maximum atomic E-state index is 15.5. The number of imidazole rings is 1. The van der Waals surface area contributed by atoms with Gasteiger partial charge in [0.05, 0.1) is 35.2 Å². The zero-order valence-corrected chi connectivity index (χ0v) is 23.5. The number of nitrogens with zero attached hydrogens (tertiary/aromatic N) is 4. The van der Waals surface area contributed by atoms with E-state index in [1.54, 1.807) is 30.3 Å². The first-order chi connectivity index (χ1) is 18.8. The predicted molar refractivity (Wildman–Crippen MR) is 149 cm³/mol. The third kappa shape index (κ3) is 4.51. The summed E-state index contributed by atoms with van der Waals surface area (Å²) in [7, 11) is -1.39. The topological polar surface area (TPSA) is 67.7 Å². The first-order valence-corrected chi connectivity index (χ1v) is 16.2. The second kappa shape index (κ2) is 9.65. The van der Waals surface area contributed by atoms with Crippen molar-refractivity contribution in [3.63, 3.8) is 0 Å². The maximum absolute atomic E-state index is 15.5. The molecule has 0 spiro atoms. The molecular formula is C30H37FN4O3S. The van der Waals surface area contributed by atoms with Crippen molar-refractivity contribution in [1.82, 2.24) is 19.4 Å². The van der Waals surface area contributed by atoms with E-state index < -0.39 is 9.84 Å². The van der Waals surface area contributed by atoms with E-state index in [1.165, 1.54) is 31.9 Å². The van der Waals surface area contributed by atoms with Crippen molar-refractivity contribution in [3.8, 4) is 11.4 Å². The highest BCUT2D eigenvalue weighted by Gasteiger charge is 2.47. The third-order valence-electron chi connectivity index (χ3n) is 9.83. The zero-order chi connectivity index (χ0) is 26.9. The van der Waals surface area contributed by atoms with Gasteiger partial charge in [0.25, 0.3) is 0 Å². The van der Waals surface area contributed by atoms with Crippen molar-refractivity contribution < 1.29 is 17.5 Å². The van der Waals surface area contributed by atoms with Crippen molar-refractivity contribution >= 4 is 20.9 Å². The summed E-state index contributed by atoms with van der Waals surface area (Å²) in [5.41, 5.74) is 3.11. The Morgan fingerprint density at radius 3 is 2.18 bits per heavy atom. The smallest absolute Gasteiger partial charge is 0.175 e. The molecular weight excluding hydrogens is 515 g/mol. The Hall–Kier alpha value is -2.33. The molecule has 1 aromatic heterocycles. The average Bonchev–Trinajstić information content (AvgIpc) is 3.33. The first kappa shape index (κ1) is 25.6. The Labute approximate surface area is 229 Å². The van der Waals surface area contributed by atoms with Gasteiger partial charge in [0.2, 0.25) is 0 Å². The number of fused-ring (bicyclic) bond motifs is 3. The molecule has 4 aliphatic heterocycles. The molecule has 4 saturated heterocycles. The van der Waals surface area contributed by atoms with E-state index in [4.69, 9.17) is 9.72 Å². The summed E-state index contributed by atoms with van der Waals surface area (Å²) in [5.74, 6) is 0.747. The second-order valence-electron chi connectivity index (χ2n) is 12.1. The molecule has 9 heteroatoms. The van der Waals surface area contributed by atoms with Crippen LogP contribution >= 0.6 is 0 Å². The normalized spacial score (nSPS) is 27.3. The van der Waals surface area contributed by atoms with Crippen LogP contribution in [0.15, 0.2) is 41.3 Å². The van der Waals surface area contributed by atoms with Gasteiger partial charge in [-0.25, -0.2) is 17.8 Å². The molecule has 208 valence electrons. The Balaban J connectivity index is 1.06. The number of sulfone groups is 1. The standard InChI is InChI=1S/C30H37FN4O3S/c1-33-29-16-27(31)26(15-28(29)32-30(33)20-3-7-25(8-4-20)39(2,36)37)19-9-11-34(12-10-19)23-13-21-5-6-22(14-23)35(21)24-17-38-18-24/h3-4,7-8,15-16,19,21-24H,5-6,9-14,17-18H2,1-2H3. The van der Waals surface area contributed by atoms with Crippen LogP contribution in [0.4, 0.5) is 4.39 Å². The van der Waals surface area contributed by atoms with E-state index in [2.05, 4.69) is 9.80 Å². The fraction of sp³-hybridized carbons (Fsp3) is 0.567. The highest BCUT2D eigenvalue weighted by molar-refractivity contribution is 7.90. The van der Waals surface area contributed by atoms with E-state index in [0.717, 1.165) is 61.3 Å². The molecule has 3 aromatic rings. The number of aryl methyl sites for hydroxylation is 1. The molecule has 7 rings (SSSR count). The lowest BCUT2D eigenvalue weighted by molar-refractivity contribution is -0.100. The number of hydrogen-bond acceptors (Lipinski definition) is 6. The molecule has 2 atom stereocenters. The summed E-state index contributed by atoms with van der Waals surface area (Å²) in [6.07, 6.45) is 8.33. The summed E-state index contributed by atoms with van der Waals surface area (Å²) >= 11 is 0. The average molecular weight is 553 g/mol. The number of rotatable bonds is 5. The molecule has 2 unspecified atom stereocenters. The number of hydrogen-bond donors (Lipinski definition) is 0. The van der Waals surface area contributed by atoms with Crippen LogP contribution in [0, 0.1) is 5.82 Å². The largest absolute Gasteiger partial charge is 0.378 e. The van der Waals surface area contributed by atoms with Crippen LogP contribution in [-0.4, -0.2) is 84.5 Å². The minimum atomic E-state index is -3.27. The van der Waals surface area contributed by atoms with Gasteiger partial charge in [-0.3, -0.25) is 4.90 Å². The number of piperidine rings is 2. The second-order valence-corrected chi connectivity index (χ2v) is 14.1. The van der Waals surface area contributed by atoms with Crippen molar-refractivity contribution in [2.75, 3.05) is 32.6 Å². The third-order valence-corrected chi connectivity index (χ3v) is 11.0. The van der Waals surface area contributed by atoms with E-state index >= 15 is 4.39 Å². The fourth-order valence-electron chi connectivity index (χ4n) is 7.70. The van der Waals surface area contributed by atoms with Gasteiger partial charge in [-0.05, 0) is 93.4 Å². The monoisotopic (exact) mass is 552 g/mol. The molecule has 0 aliphatic carbocycles. The Morgan fingerprint density at radius 2 is 1.59 bits per heavy atom. The molecule has 0 saturated carbocycles. The first-order valence-electron chi connectivity index (χ1n) is 14.3. The SMILES string of the molecule is Cn1c(-c2ccc(S(C)(=O)=O)cc2)nc2cc(C3CCN(C4CC5CCC(C4)N5C4COC4)CC3)c(F)cc21. The molecule has 4 aliphatic rings. The van der Waals surface area contributed by atoms with Crippen LogP contribution in [0.3, 0.4) is 0 Å². The zero-order valence-electron chi connectivity index (χ0n) is 22.7. The lowest BCUT2D eigenvalue weighted by Crippen LogP contribution is -2.59. The Bertz CT molecular complexity index is 1480.